The lowest BCUT2D eigenvalue weighted by Gasteiger charge is -2.10. The molecule has 0 aliphatic carbocycles. The van der Waals surface area contributed by atoms with E-state index in [1.54, 1.807) is 18.2 Å². The summed E-state index contributed by atoms with van der Waals surface area (Å²) >= 11 is 5.73. The molecule has 1 aromatic carbocycles. The van der Waals surface area contributed by atoms with E-state index in [1.165, 1.54) is 26.3 Å². The van der Waals surface area contributed by atoms with Crippen LogP contribution < -0.4 is 4.74 Å². The quantitative estimate of drug-likeness (QED) is 0.680. The number of nitrogens with one attached hydrogen (secondary N) is 1. The summed E-state index contributed by atoms with van der Waals surface area (Å²) in [6, 6.07) is 6.46. The fourth-order valence-corrected chi connectivity index (χ4v) is 1.98. The maximum atomic E-state index is 11.8. The van der Waals surface area contributed by atoms with Gasteiger partial charge in [-0.05, 0) is 31.2 Å². The monoisotopic (exact) mass is 307 g/mol. The summed E-state index contributed by atoms with van der Waals surface area (Å²) in [4.78, 5) is 25.9. The molecule has 2 rings (SSSR count). The van der Waals surface area contributed by atoms with E-state index in [4.69, 9.17) is 21.1 Å². The number of hydrogen-bond donors (Lipinski definition) is 1. The lowest BCUT2D eigenvalue weighted by molar-refractivity contribution is 0.0464. The van der Waals surface area contributed by atoms with Crippen molar-refractivity contribution in [3.05, 3.63) is 52.3 Å². The van der Waals surface area contributed by atoms with Crippen molar-refractivity contribution in [2.45, 2.75) is 13.5 Å². The number of ketones is 1. The number of halogens is 1. The van der Waals surface area contributed by atoms with Gasteiger partial charge in [0, 0.05) is 17.3 Å². The summed E-state index contributed by atoms with van der Waals surface area (Å²) in [7, 11) is 1.51. The molecule has 0 unspecified atom stereocenters. The Hall–Kier alpha value is -2.27. The lowest BCUT2D eigenvalue weighted by atomic mass is 10.1. The molecule has 1 N–H and O–H groups in total. The summed E-state index contributed by atoms with van der Waals surface area (Å²) in [5.74, 6) is -0.0455. The first-order valence-electron chi connectivity index (χ1n) is 6.20. The first kappa shape index (κ1) is 15.1. The Morgan fingerprint density at radius 3 is 2.62 bits per heavy atom. The van der Waals surface area contributed by atoms with Gasteiger partial charge < -0.3 is 14.5 Å². The Labute approximate surface area is 126 Å². The number of carbonyl (C=O) groups excluding carboxylic acids is 2. The molecule has 0 atom stereocenters. The lowest BCUT2D eigenvalue weighted by Crippen LogP contribution is -2.07. The van der Waals surface area contributed by atoms with Crippen molar-refractivity contribution >= 4 is 23.4 Å². The molecule has 0 aliphatic heterocycles. The molecule has 0 radical (unpaired) electrons. The predicted octanol–water partition coefficient (Wildman–Crippen LogP) is 3.24. The molecule has 1 heterocycles. The van der Waals surface area contributed by atoms with Gasteiger partial charge in [0.05, 0.1) is 12.1 Å². The summed E-state index contributed by atoms with van der Waals surface area (Å²) in [5.41, 5.74) is 1.42. The molecule has 2 aromatic rings. The van der Waals surface area contributed by atoms with Crippen molar-refractivity contribution in [3.8, 4) is 5.75 Å². The van der Waals surface area contributed by atoms with Crippen molar-refractivity contribution in [1.82, 2.24) is 4.98 Å². The van der Waals surface area contributed by atoms with Gasteiger partial charge in [0.1, 0.15) is 18.1 Å². The molecule has 0 saturated heterocycles. The number of H-pyrrole nitrogens is 1. The van der Waals surface area contributed by atoms with E-state index >= 15 is 0 Å². The minimum atomic E-state index is -0.530. The number of carbonyl (C=O) groups is 2. The van der Waals surface area contributed by atoms with Crippen LogP contribution in [0.25, 0.3) is 0 Å². The van der Waals surface area contributed by atoms with E-state index in [1.807, 2.05) is 0 Å². The van der Waals surface area contributed by atoms with Gasteiger partial charge in [-0.1, -0.05) is 11.6 Å². The first-order chi connectivity index (χ1) is 10.0. The van der Waals surface area contributed by atoms with Crippen LogP contribution in [0.5, 0.6) is 5.75 Å². The highest BCUT2D eigenvalue weighted by atomic mass is 35.5. The summed E-state index contributed by atoms with van der Waals surface area (Å²) in [5, 5.41) is 0.429. The van der Waals surface area contributed by atoms with Gasteiger partial charge in [0.2, 0.25) is 0 Å². The normalized spacial score (nSPS) is 10.2. The van der Waals surface area contributed by atoms with Crippen molar-refractivity contribution < 1.29 is 19.1 Å². The van der Waals surface area contributed by atoms with Crippen LogP contribution in [0.2, 0.25) is 5.02 Å². The van der Waals surface area contributed by atoms with Gasteiger partial charge in [-0.3, -0.25) is 4.79 Å². The molecule has 1 aromatic heterocycles. The summed E-state index contributed by atoms with van der Waals surface area (Å²) < 4.78 is 10.4. The molecule has 0 bridgehead atoms. The average Bonchev–Trinajstić information content (AvgIpc) is 2.91. The Bertz CT molecular complexity index is 678. The van der Waals surface area contributed by atoms with E-state index in [0.717, 1.165) is 0 Å². The van der Waals surface area contributed by atoms with Crippen LogP contribution in [0.3, 0.4) is 0 Å². The van der Waals surface area contributed by atoms with Gasteiger partial charge in [-0.2, -0.15) is 0 Å². The summed E-state index contributed by atoms with van der Waals surface area (Å²) in [6.45, 7) is 1.47. The van der Waals surface area contributed by atoms with Gasteiger partial charge >= 0.3 is 5.97 Å². The SMILES string of the molecule is COc1ccc(C(C)=O)cc1COC(=O)c1cc(Cl)c[nH]1. The zero-order chi connectivity index (χ0) is 15.4. The Balaban J connectivity index is 2.13. The molecule has 0 saturated carbocycles. The Morgan fingerprint density at radius 2 is 2.05 bits per heavy atom. The fourth-order valence-electron chi connectivity index (χ4n) is 1.82. The van der Waals surface area contributed by atoms with E-state index in [0.29, 0.717) is 21.9 Å². The van der Waals surface area contributed by atoms with E-state index in [-0.39, 0.29) is 18.1 Å². The smallest absolute Gasteiger partial charge is 0.355 e. The van der Waals surface area contributed by atoms with E-state index < -0.39 is 5.97 Å². The minimum absolute atomic E-state index is 0.000232. The van der Waals surface area contributed by atoms with Gasteiger partial charge in [-0.15, -0.1) is 0 Å². The molecule has 6 heteroatoms. The highest BCUT2D eigenvalue weighted by Crippen LogP contribution is 2.22. The third kappa shape index (κ3) is 3.64. The third-order valence-corrected chi connectivity index (χ3v) is 3.13. The van der Waals surface area contributed by atoms with E-state index in [2.05, 4.69) is 4.98 Å². The number of aromatic nitrogens is 1. The second-order valence-corrected chi connectivity index (χ2v) is 4.83. The predicted molar refractivity (Wildman–Crippen MR) is 77.9 cm³/mol. The standard InChI is InChI=1S/C15H14ClNO4/c1-9(18)10-3-4-14(20-2)11(5-10)8-21-15(19)13-6-12(16)7-17-13/h3-7,17H,8H2,1-2H3. The van der Waals surface area contributed by atoms with Crippen molar-refractivity contribution in [3.63, 3.8) is 0 Å². The van der Waals surface area contributed by atoms with Crippen LogP contribution in [-0.4, -0.2) is 23.8 Å². The van der Waals surface area contributed by atoms with Crippen LogP contribution >= 0.6 is 11.6 Å². The zero-order valence-corrected chi connectivity index (χ0v) is 12.4. The van der Waals surface area contributed by atoms with Crippen molar-refractivity contribution in [2.24, 2.45) is 0 Å². The third-order valence-electron chi connectivity index (χ3n) is 2.91. The van der Waals surface area contributed by atoms with E-state index in [9.17, 15) is 9.59 Å². The highest BCUT2D eigenvalue weighted by Gasteiger charge is 2.13. The topological polar surface area (TPSA) is 68.4 Å². The zero-order valence-electron chi connectivity index (χ0n) is 11.6. The van der Waals surface area contributed by atoms with Crippen LogP contribution in [-0.2, 0) is 11.3 Å². The number of rotatable bonds is 5. The molecule has 5 nitrogen and oxygen atoms in total. The largest absolute Gasteiger partial charge is 0.496 e. The molecular formula is C15H14ClNO4. The van der Waals surface area contributed by atoms with Gasteiger partial charge in [0.15, 0.2) is 5.78 Å². The number of benzene rings is 1. The molecule has 0 amide bonds. The summed E-state index contributed by atoms with van der Waals surface area (Å²) in [6.07, 6.45) is 1.50. The maximum absolute atomic E-state index is 11.8. The Kier molecular flexibility index (Phi) is 4.65. The number of esters is 1. The first-order valence-corrected chi connectivity index (χ1v) is 6.58. The van der Waals surface area contributed by atoms with Gasteiger partial charge in [0.25, 0.3) is 0 Å². The van der Waals surface area contributed by atoms with Crippen LogP contribution in [0.1, 0.15) is 33.3 Å². The Morgan fingerprint density at radius 1 is 1.29 bits per heavy atom. The van der Waals surface area contributed by atoms with Crippen LogP contribution in [0.4, 0.5) is 0 Å². The molecule has 110 valence electrons. The minimum Gasteiger partial charge on any atom is -0.496 e. The molecule has 0 spiro atoms. The number of aromatic amines is 1. The van der Waals surface area contributed by atoms with Gasteiger partial charge in [-0.25, -0.2) is 4.79 Å². The number of Topliss-reactive ketones (excluding diaryl/α,β-unsaturated/α-hetero) is 1. The van der Waals surface area contributed by atoms with Crippen LogP contribution in [0, 0.1) is 0 Å². The number of ether oxygens (including phenoxy) is 2. The second kappa shape index (κ2) is 6.45. The molecular weight excluding hydrogens is 294 g/mol. The maximum Gasteiger partial charge on any atom is 0.355 e. The molecule has 0 aliphatic rings. The van der Waals surface area contributed by atoms with Crippen molar-refractivity contribution in [2.75, 3.05) is 7.11 Å². The average molecular weight is 308 g/mol. The fraction of sp³-hybridized carbons (Fsp3) is 0.200. The molecule has 21 heavy (non-hydrogen) atoms. The number of hydrogen-bond acceptors (Lipinski definition) is 4. The molecule has 0 fully saturated rings. The van der Waals surface area contributed by atoms with Crippen LogP contribution in [0.15, 0.2) is 30.5 Å². The highest BCUT2D eigenvalue weighted by molar-refractivity contribution is 6.30. The van der Waals surface area contributed by atoms with Crippen molar-refractivity contribution in [1.29, 1.82) is 0 Å². The second-order valence-electron chi connectivity index (χ2n) is 4.39. The number of methoxy groups -OCH3 is 1.